The fourth-order valence-corrected chi connectivity index (χ4v) is 2.54. The molecule has 110 valence electrons. The van der Waals surface area contributed by atoms with Crippen LogP contribution in [0.25, 0.3) is 0 Å². The van der Waals surface area contributed by atoms with Crippen LogP contribution in [0.4, 0.5) is 0 Å². The highest BCUT2D eigenvalue weighted by molar-refractivity contribution is 6.31. The number of nitrogens with two attached hydrogens (primary N) is 1. The lowest BCUT2D eigenvalue weighted by Crippen LogP contribution is -2.27. The molecule has 1 aliphatic rings. The van der Waals surface area contributed by atoms with E-state index in [4.69, 9.17) is 22.1 Å². The summed E-state index contributed by atoms with van der Waals surface area (Å²) >= 11 is 5.98. The lowest BCUT2D eigenvalue weighted by molar-refractivity contribution is 0.0946. The van der Waals surface area contributed by atoms with Gasteiger partial charge in [-0.3, -0.25) is 4.79 Å². The van der Waals surface area contributed by atoms with Crippen LogP contribution in [-0.2, 0) is 0 Å². The van der Waals surface area contributed by atoms with Crippen LogP contribution >= 0.6 is 11.6 Å². The third-order valence-electron chi connectivity index (χ3n) is 3.45. The van der Waals surface area contributed by atoms with Gasteiger partial charge in [0.15, 0.2) is 0 Å². The van der Waals surface area contributed by atoms with Gasteiger partial charge in [-0.2, -0.15) is 0 Å². The Morgan fingerprint density at radius 3 is 2.85 bits per heavy atom. The number of benzene rings is 1. The van der Waals surface area contributed by atoms with E-state index in [1.807, 2.05) is 0 Å². The predicted octanol–water partition coefficient (Wildman–Crippen LogP) is 2.74. The molecule has 5 heteroatoms. The highest BCUT2D eigenvalue weighted by Gasteiger charge is 2.20. The third-order valence-corrected chi connectivity index (χ3v) is 3.68. The van der Waals surface area contributed by atoms with Gasteiger partial charge in [-0.15, -0.1) is 0 Å². The molecule has 0 aromatic heterocycles. The highest BCUT2D eigenvalue weighted by atomic mass is 35.5. The summed E-state index contributed by atoms with van der Waals surface area (Å²) in [4.78, 5) is 12.2. The zero-order valence-corrected chi connectivity index (χ0v) is 12.3. The van der Waals surface area contributed by atoms with Crippen LogP contribution < -0.4 is 15.8 Å². The summed E-state index contributed by atoms with van der Waals surface area (Å²) in [6, 6.07) is 5.19. The molecule has 2 rings (SSSR count). The summed E-state index contributed by atoms with van der Waals surface area (Å²) in [5.41, 5.74) is 5.92. The van der Waals surface area contributed by atoms with E-state index >= 15 is 0 Å². The summed E-state index contributed by atoms with van der Waals surface area (Å²) in [5.74, 6) is 0.459. The first-order valence-electron chi connectivity index (χ1n) is 7.15. The SMILES string of the molecule is NCCCNC(=O)c1cc(Cl)ccc1OC1CCCC1. The lowest BCUT2D eigenvalue weighted by atomic mass is 10.1. The summed E-state index contributed by atoms with van der Waals surface area (Å²) in [6.07, 6.45) is 5.46. The van der Waals surface area contributed by atoms with Crippen LogP contribution in [-0.4, -0.2) is 25.1 Å². The number of nitrogens with one attached hydrogen (secondary N) is 1. The maximum absolute atomic E-state index is 12.2. The van der Waals surface area contributed by atoms with E-state index in [2.05, 4.69) is 5.32 Å². The molecule has 0 radical (unpaired) electrons. The molecule has 0 spiro atoms. The molecule has 1 fully saturated rings. The lowest BCUT2D eigenvalue weighted by Gasteiger charge is -2.16. The molecule has 0 atom stereocenters. The molecule has 1 aliphatic carbocycles. The summed E-state index contributed by atoms with van der Waals surface area (Å²) < 4.78 is 5.94. The van der Waals surface area contributed by atoms with Gasteiger partial charge < -0.3 is 15.8 Å². The van der Waals surface area contributed by atoms with E-state index in [1.54, 1.807) is 18.2 Å². The van der Waals surface area contributed by atoms with Crippen molar-refractivity contribution in [1.29, 1.82) is 0 Å². The number of carbonyl (C=O) groups excluding carboxylic acids is 1. The van der Waals surface area contributed by atoms with Crippen LogP contribution in [0.15, 0.2) is 18.2 Å². The molecular weight excluding hydrogens is 276 g/mol. The summed E-state index contributed by atoms with van der Waals surface area (Å²) in [6.45, 7) is 1.12. The molecule has 0 heterocycles. The number of hydrogen-bond acceptors (Lipinski definition) is 3. The average Bonchev–Trinajstić information content (AvgIpc) is 2.94. The Morgan fingerprint density at radius 2 is 2.15 bits per heavy atom. The van der Waals surface area contributed by atoms with Crippen LogP contribution in [0, 0.1) is 0 Å². The van der Waals surface area contributed by atoms with Gasteiger partial charge in [-0.1, -0.05) is 11.6 Å². The molecule has 3 N–H and O–H groups in total. The smallest absolute Gasteiger partial charge is 0.255 e. The molecule has 4 nitrogen and oxygen atoms in total. The molecule has 1 amide bonds. The Kier molecular flexibility index (Phi) is 5.68. The van der Waals surface area contributed by atoms with Gasteiger partial charge in [0.25, 0.3) is 5.91 Å². The van der Waals surface area contributed by atoms with Gasteiger partial charge in [0.1, 0.15) is 5.75 Å². The van der Waals surface area contributed by atoms with Crippen molar-refractivity contribution in [2.75, 3.05) is 13.1 Å². The number of amides is 1. The Bertz CT molecular complexity index is 459. The number of halogens is 1. The van der Waals surface area contributed by atoms with E-state index in [-0.39, 0.29) is 12.0 Å². The molecule has 1 aromatic rings. The summed E-state index contributed by atoms with van der Waals surface area (Å²) in [7, 11) is 0. The van der Waals surface area contributed by atoms with Crippen LogP contribution in [0.3, 0.4) is 0 Å². The van der Waals surface area contributed by atoms with E-state index in [0.717, 1.165) is 19.3 Å². The van der Waals surface area contributed by atoms with Crippen molar-refractivity contribution < 1.29 is 9.53 Å². The first-order valence-corrected chi connectivity index (χ1v) is 7.53. The monoisotopic (exact) mass is 296 g/mol. The molecule has 0 bridgehead atoms. The van der Waals surface area contributed by atoms with Crippen molar-refractivity contribution in [3.8, 4) is 5.75 Å². The minimum Gasteiger partial charge on any atom is -0.490 e. The highest BCUT2D eigenvalue weighted by Crippen LogP contribution is 2.28. The number of hydrogen-bond donors (Lipinski definition) is 2. The zero-order valence-electron chi connectivity index (χ0n) is 11.5. The third kappa shape index (κ3) is 4.12. The Balaban J connectivity index is 2.08. The van der Waals surface area contributed by atoms with Crippen LogP contribution in [0.1, 0.15) is 42.5 Å². The topological polar surface area (TPSA) is 64.3 Å². The maximum atomic E-state index is 12.2. The fraction of sp³-hybridized carbons (Fsp3) is 0.533. The maximum Gasteiger partial charge on any atom is 0.255 e. The molecule has 1 saturated carbocycles. The van der Waals surface area contributed by atoms with E-state index in [1.165, 1.54) is 12.8 Å². The molecule has 20 heavy (non-hydrogen) atoms. The largest absolute Gasteiger partial charge is 0.490 e. The van der Waals surface area contributed by atoms with Gasteiger partial charge in [0.2, 0.25) is 0 Å². The zero-order chi connectivity index (χ0) is 14.4. The van der Waals surface area contributed by atoms with Crippen LogP contribution in [0.2, 0.25) is 5.02 Å². The fourth-order valence-electron chi connectivity index (χ4n) is 2.37. The van der Waals surface area contributed by atoms with Crippen molar-refractivity contribution in [2.24, 2.45) is 5.73 Å². The van der Waals surface area contributed by atoms with Gasteiger partial charge in [-0.25, -0.2) is 0 Å². The molecule has 1 aromatic carbocycles. The van der Waals surface area contributed by atoms with Crippen molar-refractivity contribution >= 4 is 17.5 Å². The van der Waals surface area contributed by atoms with Gasteiger partial charge >= 0.3 is 0 Å². The number of ether oxygens (including phenoxy) is 1. The first-order chi connectivity index (χ1) is 9.70. The number of rotatable bonds is 6. The predicted molar refractivity (Wildman–Crippen MR) is 80.3 cm³/mol. The second-order valence-electron chi connectivity index (χ2n) is 5.06. The van der Waals surface area contributed by atoms with Crippen molar-refractivity contribution in [2.45, 2.75) is 38.2 Å². The van der Waals surface area contributed by atoms with Crippen LogP contribution in [0.5, 0.6) is 5.75 Å². The second kappa shape index (κ2) is 7.50. The second-order valence-corrected chi connectivity index (χ2v) is 5.50. The summed E-state index contributed by atoms with van der Waals surface area (Å²) in [5, 5.41) is 3.37. The normalized spacial score (nSPS) is 15.3. The van der Waals surface area contributed by atoms with Crippen molar-refractivity contribution in [1.82, 2.24) is 5.32 Å². The van der Waals surface area contributed by atoms with Gasteiger partial charge in [0.05, 0.1) is 11.7 Å². The standard InChI is InChI=1S/C15H21ClN2O2/c16-11-6-7-14(20-12-4-1-2-5-12)13(10-11)15(19)18-9-3-8-17/h6-7,10,12H,1-5,8-9,17H2,(H,18,19). The Morgan fingerprint density at radius 1 is 1.40 bits per heavy atom. The van der Waals surface area contributed by atoms with E-state index in [9.17, 15) is 4.79 Å². The molecule has 0 unspecified atom stereocenters. The minimum atomic E-state index is -0.158. The van der Waals surface area contributed by atoms with E-state index < -0.39 is 0 Å². The van der Waals surface area contributed by atoms with Gasteiger partial charge in [-0.05, 0) is 56.8 Å². The number of carbonyl (C=O) groups is 1. The Hall–Kier alpha value is -1.26. The molecular formula is C15H21ClN2O2. The quantitative estimate of drug-likeness (QED) is 0.793. The molecule has 0 saturated heterocycles. The van der Waals surface area contributed by atoms with Gasteiger partial charge in [0, 0.05) is 11.6 Å². The Labute approximate surface area is 124 Å². The van der Waals surface area contributed by atoms with Crippen molar-refractivity contribution in [3.05, 3.63) is 28.8 Å². The molecule has 0 aliphatic heterocycles. The van der Waals surface area contributed by atoms with E-state index in [0.29, 0.717) is 29.4 Å². The first kappa shape index (κ1) is 15.1. The van der Waals surface area contributed by atoms with Crippen molar-refractivity contribution in [3.63, 3.8) is 0 Å². The average molecular weight is 297 g/mol. The minimum absolute atomic E-state index is 0.158.